The summed E-state index contributed by atoms with van der Waals surface area (Å²) in [5, 5.41) is 7.05. The van der Waals surface area contributed by atoms with Gasteiger partial charge in [-0.25, -0.2) is 0 Å². The normalized spacial score (nSPS) is 22.4. The number of hydrogen-bond donors (Lipinski definition) is 0. The molecule has 2 aliphatic heterocycles. The Bertz CT molecular complexity index is 1130. The number of oxime groups is 1. The number of anilines is 1. The van der Waals surface area contributed by atoms with Gasteiger partial charge in [-0.15, -0.1) is 13.2 Å². The van der Waals surface area contributed by atoms with Crippen LogP contribution in [0.1, 0.15) is 24.0 Å². The first-order chi connectivity index (χ1) is 14.3. The lowest BCUT2D eigenvalue weighted by molar-refractivity contribution is -0.00349. The zero-order valence-electron chi connectivity index (χ0n) is 16.4. The molecule has 3 heteroatoms. The second kappa shape index (κ2) is 6.93. The lowest BCUT2D eigenvalue weighted by Crippen LogP contribution is -2.49. The molecule has 0 saturated carbocycles. The van der Waals surface area contributed by atoms with Crippen LogP contribution >= 0.6 is 0 Å². The van der Waals surface area contributed by atoms with E-state index in [1.807, 2.05) is 12.2 Å². The molecular formula is C26H24N2O. The van der Waals surface area contributed by atoms with Crippen LogP contribution in [0.25, 0.3) is 10.8 Å². The third-order valence-corrected chi connectivity index (χ3v) is 6.17. The highest BCUT2D eigenvalue weighted by molar-refractivity contribution is 6.04. The molecule has 0 unspecified atom stereocenters. The van der Waals surface area contributed by atoms with Gasteiger partial charge in [-0.1, -0.05) is 71.9 Å². The van der Waals surface area contributed by atoms with E-state index >= 15 is 0 Å². The maximum Gasteiger partial charge on any atom is 0.210 e. The highest BCUT2D eigenvalue weighted by Gasteiger charge is 2.54. The molecule has 2 atom stereocenters. The van der Waals surface area contributed by atoms with Crippen LogP contribution in [0.2, 0.25) is 0 Å². The van der Waals surface area contributed by atoms with Gasteiger partial charge >= 0.3 is 0 Å². The van der Waals surface area contributed by atoms with Gasteiger partial charge in [0.2, 0.25) is 6.23 Å². The van der Waals surface area contributed by atoms with Crippen molar-refractivity contribution in [2.75, 3.05) is 11.4 Å². The fraction of sp³-hybridized carbons (Fsp3) is 0.192. The van der Waals surface area contributed by atoms with Crippen LogP contribution in [-0.2, 0) is 10.3 Å². The number of para-hydroxylation sites is 1. The Morgan fingerprint density at radius 2 is 1.79 bits per heavy atom. The van der Waals surface area contributed by atoms with Crippen LogP contribution < -0.4 is 4.90 Å². The second-order valence-electron chi connectivity index (χ2n) is 7.84. The fourth-order valence-corrected chi connectivity index (χ4v) is 4.88. The number of benzene rings is 3. The molecule has 0 bridgehead atoms. The smallest absolute Gasteiger partial charge is 0.210 e. The number of nitrogens with zero attached hydrogens (tertiary/aromatic N) is 2. The van der Waals surface area contributed by atoms with Crippen LogP contribution in [0, 0.1) is 0 Å². The summed E-state index contributed by atoms with van der Waals surface area (Å²) in [6.45, 7) is 8.72. The van der Waals surface area contributed by atoms with Gasteiger partial charge in [0.15, 0.2) is 0 Å². The molecule has 2 heterocycles. The summed E-state index contributed by atoms with van der Waals surface area (Å²) in [6.07, 6.45) is 5.42. The average Bonchev–Trinajstić information content (AvgIpc) is 3.03. The summed E-state index contributed by atoms with van der Waals surface area (Å²) in [5.74, 6) is 0. The van der Waals surface area contributed by atoms with E-state index in [-0.39, 0.29) is 11.6 Å². The highest BCUT2D eigenvalue weighted by Crippen LogP contribution is 2.52. The lowest BCUT2D eigenvalue weighted by atomic mass is 9.72. The van der Waals surface area contributed by atoms with Crippen molar-refractivity contribution in [2.45, 2.75) is 24.5 Å². The molecule has 0 spiro atoms. The Morgan fingerprint density at radius 1 is 1.00 bits per heavy atom. The van der Waals surface area contributed by atoms with Crippen LogP contribution in [-0.4, -0.2) is 18.5 Å². The number of hydrogen-bond acceptors (Lipinski definition) is 3. The molecule has 0 saturated heterocycles. The molecule has 5 rings (SSSR count). The van der Waals surface area contributed by atoms with Crippen molar-refractivity contribution in [3.05, 3.63) is 103 Å². The predicted octanol–water partition coefficient (Wildman–Crippen LogP) is 5.81. The molecule has 0 N–H and O–H groups in total. The van der Waals surface area contributed by atoms with Gasteiger partial charge in [-0.05, 0) is 40.5 Å². The van der Waals surface area contributed by atoms with Crippen molar-refractivity contribution in [2.24, 2.45) is 5.16 Å². The zero-order chi connectivity index (χ0) is 19.8. The van der Waals surface area contributed by atoms with Crippen molar-refractivity contribution in [1.29, 1.82) is 0 Å². The summed E-state index contributed by atoms with van der Waals surface area (Å²) in [5.41, 5.74) is 4.41. The van der Waals surface area contributed by atoms with Gasteiger partial charge in [0.1, 0.15) is 0 Å². The fourth-order valence-electron chi connectivity index (χ4n) is 4.88. The lowest BCUT2D eigenvalue weighted by Gasteiger charge is -2.39. The highest BCUT2D eigenvalue weighted by atomic mass is 16.7. The number of fused-ring (bicyclic) bond motifs is 4. The summed E-state index contributed by atoms with van der Waals surface area (Å²) in [6, 6.07) is 23.5. The van der Waals surface area contributed by atoms with E-state index in [4.69, 9.17) is 4.84 Å². The van der Waals surface area contributed by atoms with Crippen molar-refractivity contribution >= 4 is 22.2 Å². The Balaban J connectivity index is 1.62. The number of allylic oxidation sites excluding steroid dienone is 1. The first kappa shape index (κ1) is 17.7. The molecule has 144 valence electrons. The second-order valence-corrected chi connectivity index (χ2v) is 7.84. The maximum absolute atomic E-state index is 6.20. The topological polar surface area (TPSA) is 24.8 Å². The van der Waals surface area contributed by atoms with E-state index in [1.54, 1.807) is 0 Å². The van der Waals surface area contributed by atoms with E-state index in [2.05, 4.69) is 89.9 Å². The largest absolute Gasteiger partial charge is 0.369 e. The quantitative estimate of drug-likeness (QED) is 0.522. The summed E-state index contributed by atoms with van der Waals surface area (Å²) in [4.78, 5) is 8.47. The monoisotopic (exact) mass is 380 g/mol. The molecule has 3 nitrogen and oxygen atoms in total. The Hall–Kier alpha value is -3.33. The Labute approximate surface area is 171 Å². The molecular weight excluding hydrogens is 356 g/mol. The van der Waals surface area contributed by atoms with E-state index in [0.29, 0.717) is 0 Å². The SMILES string of the molecule is C=CCN1c2ccccc2[C@@]2(CC=C)CC(c3ccc4ccccc4c3)=NO[C@@H]12. The molecule has 0 amide bonds. The molecule has 0 radical (unpaired) electrons. The minimum absolute atomic E-state index is 0.153. The van der Waals surface area contributed by atoms with E-state index in [0.717, 1.165) is 30.7 Å². The van der Waals surface area contributed by atoms with E-state index < -0.39 is 0 Å². The minimum Gasteiger partial charge on any atom is -0.369 e. The maximum atomic E-state index is 6.20. The first-order valence-electron chi connectivity index (χ1n) is 10.1. The van der Waals surface area contributed by atoms with Crippen molar-refractivity contribution in [3.8, 4) is 0 Å². The molecule has 29 heavy (non-hydrogen) atoms. The number of rotatable bonds is 5. The van der Waals surface area contributed by atoms with Crippen LogP contribution in [0.4, 0.5) is 5.69 Å². The average molecular weight is 380 g/mol. The van der Waals surface area contributed by atoms with Crippen LogP contribution in [0.15, 0.2) is 97.2 Å². The standard InChI is InChI=1S/C26H24N2O/c1-3-15-26-18-23(21-14-13-19-9-5-6-10-20(19)17-21)27-29-25(26)28(16-4-2)24-12-8-7-11-22(24)26/h3-14,17,25H,1-2,15-16,18H2/t25-,26-/m1/s1. The van der Waals surface area contributed by atoms with Crippen LogP contribution in [0.3, 0.4) is 0 Å². The van der Waals surface area contributed by atoms with Gasteiger partial charge < -0.3 is 9.74 Å². The third-order valence-electron chi connectivity index (χ3n) is 6.17. The molecule has 0 aliphatic carbocycles. The van der Waals surface area contributed by atoms with Gasteiger partial charge in [-0.3, -0.25) is 0 Å². The minimum atomic E-state index is -0.204. The molecule has 0 fully saturated rings. The summed E-state index contributed by atoms with van der Waals surface area (Å²) in [7, 11) is 0. The summed E-state index contributed by atoms with van der Waals surface area (Å²) >= 11 is 0. The summed E-state index contributed by atoms with van der Waals surface area (Å²) < 4.78 is 0. The molecule has 3 aromatic rings. The Kier molecular flexibility index (Phi) is 4.24. The van der Waals surface area contributed by atoms with Gasteiger partial charge in [0.25, 0.3) is 0 Å². The van der Waals surface area contributed by atoms with Gasteiger partial charge in [-0.2, -0.15) is 0 Å². The van der Waals surface area contributed by atoms with Gasteiger partial charge in [0, 0.05) is 18.7 Å². The van der Waals surface area contributed by atoms with Crippen molar-refractivity contribution < 1.29 is 4.84 Å². The van der Waals surface area contributed by atoms with Crippen molar-refractivity contribution in [3.63, 3.8) is 0 Å². The Morgan fingerprint density at radius 3 is 2.62 bits per heavy atom. The molecule has 3 aromatic carbocycles. The molecule has 2 aliphatic rings. The van der Waals surface area contributed by atoms with E-state index in [1.165, 1.54) is 22.0 Å². The molecule has 0 aromatic heterocycles. The zero-order valence-corrected chi connectivity index (χ0v) is 16.4. The first-order valence-corrected chi connectivity index (χ1v) is 10.1. The van der Waals surface area contributed by atoms with Gasteiger partial charge in [0.05, 0.1) is 11.1 Å². The van der Waals surface area contributed by atoms with Crippen LogP contribution in [0.5, 0.6) is 0 Å². The predicted molar refractivity (Wildman–Crippen MR) is 120 cm³/mol. The third kappa shape index (κ3) is 2.69. The van der Waals surface area contributed by atoms with Crippen molar-refractivity contribution in [1.82, 2.24) is 0 Å². The van der Waals surface area contributed by atoms with E-state index in [9.17, 15) is 0 Å².